The summed E-state index contributed by atoms with van der Waals surface area (Å²) in [5.41, 5.74) is 0.822. The van der Waals surface area contributed by atoms with Crippen LogP contribution in [-0.4, -0.2) is 30.8 Å². The number of aromatic nitrogens is 1. The SMILES string of the molecule is CCN(CC1CCC1)S(=O)(=O)c1ccc(CCl)cn1. The van der Waals surface area contributed by atoms with Gasteiger partial charge in [0, 0.05) is 25.2 Å². The number of hydrogen-bond acceptors (Lipinski definition) is 3. The Morgan fingerprint density at radius 2 is 2.16 bits per heavy atom. The van der Waals surface area contributed by atoms with E-state index in [2.05, 4.69) is 4.98 Å². The van der Waals surface area contributed by atoms with Crippen LogP contribution in [0.2, 0.25) is 0 Å². The minimum atomic E-state index is -3.47. The van der Waals surface area contributed by atoms with E-state index in [0.29, 0.717) is 24.9 Å². The zero-order chi connectivity index (χ0) is 13.9. The van der Waals surface area contributed by atoms with Crippen LogP contribution in [0.3, 0.4) is 0 Å². The topological polar surface area (TPSA) is 50.3 Å². The lowest BCUT2D eigenvalue weighted by Gasteiger charge is -2.30. The summed E-state index contributed by atoms with van der Waals surface area (Å²) in [6.07, 6.45) is 5.00. The molecule has 0 aliphatic heterocycles. The van der Waals surface area contributed by atoms with Crippen LogP contribution in [0.25, 0.3) is 0 Å². The Kier molecular flexibility index (Phi) is 4.81. The molecule has 1 aromatic heterocycles. The fraction of sp³-hybridized carbons (Fsp3) is 0.615. The minimum absolute atomic E-state index is 0.113. The van der Waals surface area contributed by atoms with Crippen molar-refractivity contribution in [3.63, 3.8) is 0 Å². The second-order valence-electron chi connectivity index (χ2n) is 4.89. The third-order valence-corrected chi connectivity index (χ3v) is 5.76. The van der Waals surface area contributed by atoms with Gasteiger partial charge in [-0.15, -0.1) is 11.6 Å². The molecule has 1 fully saturated rings. The lowest BCUT2D eigenvalue weighted by atomic mass is 9.85. The van der Waals surface area contributed by atoms with Crippen LogP contribution in [0.4, 0.5) is 0 Å². The first-order valence-electron chi connectivity index (χ1n) is 6.59. The highest BCUT2D eigenvalue weighted by molar-refractivity contribution is 7.89. The van der Waals surface area contributed by atoms with Gasteiger partial charge >= 0.3 is 0 Å². The molecule has 0 bridgehead atoms. The zero-order valence-corrected chi connectivity index (χ0v) is 12.6. The highest BCUT2D eigenvalue weighted by Crippen LogP contribution is 2.28. The highest BCUT2D eigenvalue weighted by atomic mass is 35.5. The van der Waals surface area contributed by atoms with Gasteiger partial charge in [0.1, 0.15) is 0 Å². The summed E-state index contributed by atoms with van der Waals surface area (Å²) in [4.78, 5) is 4.03. The van der Waals surface area contributed by atoms with Crippen molar-refractivity contribution < 1.29 is 8.42 Å². The Morgan fingerprint density at radius 3 is 2.58 bits per heavy atom. The van der Waals surface area contributed by atoms with Crippen LogP contribution in [0.5, 0.6) is 0 Å². The molecule has 0 aromatic carbocycles. The lowest BCUT2D eigenvalue weighted by Crippen LogP contribution is -2.37. The molecule has 0 atom stereocenters. The maximum atomic E-state index is 12.5. The van der Waals surface area contributed by atoms with E-state index >= 15 is 0 Å². The van der Waals surface area contributed by atoms with Crippen molar-refractivity contribution in [2.45, 2.75) is 37.1 Å². The van der Waals surface area contributed by atoms with Gasteiger partial charge in [0.2, 0.25) is 0 Å². The van der Waals surface area contributed by atoms with E-state index in [1.165, 1.54) is 23.0 Å². The first-order valence-corrected chi connectivity index (χ1v) is 8.56. The van der Waals surface area contributed by atoms with Crippen molar-refractivity contribution in [3.8, 4) is 0 Å². The molecule has 0 amide bonds. The van der Waals surface area contributed by atoms with Gasteiger partial charge in [-0.2, -0.15) is 4.31 Å². The monoisotopic (exact) mass is 302 g/mol. The quantitative estimate of drug-likeness (QED) is 0.759. The van der Waals surface area contributed by atoms with Crippen LogP contribution in [0, 0.1) is 5.92 Å². The van der Waals surface area contributed by atoms with Gasteiger partial charge in [0.25, 0.3) is 10.0 Å². The average molecular weight is 303 g/mol. The van der Waals surface area contributed by atoms with Crippen LogP contribution in [0.1, 0.15) is 31.7 Å². The number of alkyl halides is 1. The van der Waals surface area contributed by atoms with E-state index in [1.807, 2.05) is 6.92 Å². The molecule has 1 heterocycles. The van der Waals surface area contributed by atoms with E-state index in [0.717, 1.165) is 18.4 Å². The molecule has 2 rings (SSSR count). The molecule has 0 N–H and O–H groups in total. The molecule has 1 aromatic rings. The standard InChI is InChI=1S/C13H19ClN2O2S/c1-2-16(10-11-4-3-5-11)19(17,18)13-7-6-12(8-14)9-15-13/h6-7,9,11H,2-5,8,10H2,1H3. The Bertz CT molecular complexity index is 512. The van der Waals surface area contributed by atoms with Crippen LogP contribution in [-0.2, 0) is 15.9 Å². The van der Waals surface area contributed by atoms with E-state index in [1.54, 1.807) is 6.07 Å². The molecule has 4 nitrogen and oxygen atoms in total. The number of sulfonamides is 1. The van der Waals surface area contributed by atoms with Gasteiger partial charge in [0.05, 0.1) is 0 Å². The van der Waals surface area contributed by atoms with Gasteiger partial charge in [-0.05, 0) is 30.4 Å². The van der Waals surface area contributed by atoms with E-state index in [-0.39, 0.29) is 5.03 Å². The third-order valence-electron chi connectivity index (χ3n) is 3.60. The van der Waals surface area contributed by atoms with E-state index in [9.17, 15) is 8.42 Å². The van der Waals surface area contributed by atoms with Crippen molar-refractivity contribution in [2.75, 3.05) is 13.1 Å². The summed E-state index contributed by atoms with van der Waals surface area (Å²) in [7, 11) is -3.47. The zero-order valence-electron chi connectivity index (χ0n) is 11.0. The molecule has 0 spiro atoms. The first kappa shape index (κ1) is 14.8. The summed E-state index contributed by atoms with van der Waals surface area (Å²) in [6.45, 7) is 2.96. The summed E-state index contributed by atoms with van der Waals surface area (Å²) in [5, 5.41) is 0.113. The predicted molar refractivity (Wildman–Crippen MR) is 75.6 cm³/mol. The Balaban J connectivity index is 2.17. The van der Waals surface area contributed by atoms with E-state index in [4.69, 9.17) is 11.6 Å². The van der Waals surface area contributed by atoms with Crippen LogP contribution >= 0.6 is 11.6 Å². The largest absolute Gasteiger partial charge is 0.260 e. The molecule has 0 saturated heterocycles. The van der Waals surface area contributed by atoms with Gasteiger partial charge < -0.3 is 0 Å². The molecular weight excluding hydrogens is 284 g/mol. The molecule has 19 heavy (non-hydrogen) atoms. The number of nitrogens with zero attached hydrogens (tertiary/aromatic N) is 2. The Labute approximate surface area is 119 Å². The van der Waals surface area contributed by atoms with Crippen molar-refractivity contribution in [1.29, 1.82) is 0 Å². The van der Waals surface area contributed by atoms with Crippen LogP contribution in [0.15, 0.2) is 23.4 Å². The van der Waals surface area contributed by atoms with E-state index < -0.39 is 10.0 Å². The molecule has 1 aliphatic carbocycles. The van der Waals surface area contributed by atoms with Crippen molar-refractivity contribution >= 4 is 21.6 Å². The van der Waals surface area contributed by atoms with Crippen molar-refractivity contribution in [2.24, 2.45) is 5.92 Å². The second kappa shape index (κ2) is 6.20. The highest BCUT2D eigenvalue weighted by Gasteiger charge is 2.29. The average Bonchev–Trinajstić information content (AvgIpc) is 2.37. The smallest absolute Gasteiger partial charge is 0.243 e. The Morgan fingerprint density at radius 1 is 1.42 bits per heavy atom. The molecule has 1 saturated carbocycles. The number of rotatable bonds is 6. The van der Waals surface area contributed by atoms with Crippen molar-refractivity contribution in [1.82, 2.24) is 9.29 Å². The molecule has 1 aliphatic rings. The maximum absolute atomic E-state index is 12.5. The van der Waals surface area contributed by atoms with Gasteiger partial charge in [-0.1, -0.05) is 19.4 Å². The number of pyridine rings is 1. The second-order valence-corrected chi connectivity index (χ2v) is 7.04. The molecule has 0 radical (unpaired) electrons. The predicted octanol–water partition coefficient (Wildman–Crippen LogP) is 2.63. The molecule has 6 heteroatoms. The summed E-state index contributed by atoms with van der Waals surface area (Å²) in [6, 6.07) is 3.25. The molecule has 106 valence electrons. The number of hydrogen-bond donors (Lipinski definition) is 0. The molecule has 0 unspecified atom stereocenters. The summed E-state index contributed by atoms with van der Waals surface area (Å²) < 4.78 is 26.5. The Hall–Kier alpha value is -0.650. The fourth-order valence-corrected chi connectivity index (χ4v) is 3.73. The van der Waals surface area contributed by atoms with Gasteiger partial charge in [-0.25, -0.2) is 13.4 Å². The normalized spacial score (nSPS) is 16.6. The minimum Gasteiger partial charge on any atom is -0.243 e. The van der Waals surface area contributed by atoms with Gasteiger partial charge in [0.15, 0.2) is 5.03 Å². The molecular formula is C13H19ClN2O2S. The van der Waals surface area contributed by atoms with Crippen molar-refractivity contribution in [3.05, 3.63) is 23.9 Å². The van der Waals surface area contributed by atoms with Crippen LogP contribution < -0.4 is 0 Å². The first-order chi connectivity index (χ1) is 9.07. The maximum Gasteiger partial charge on any atom is 0.260 e. The summed E-state index contributed by atoms with van der Waals surface area (Å²) in [5.74, 6) is 0.851. The lowest BCUT2D eigenvalue weighted by molar-refractivity contribution is 0.249. The number of halogens is 1. The third kappa shape index (κ3) is 3.27. The van der Waals surface area contributed by atoms with Gasteiger partial charge in [-0.3, -0.25) is 0 Å². The summed E-state index contributed by atoms with van der Waals surface area (Å²) >= 11 is 5.68. The fourth-order valence-electron chi connectivity index (χ4n) is 2.14.